The summed E-state index contributed by atoms with van der Waals surface area (Å²) in [6, 6.07) is 4.59. The predicted molar refractivity (Wildman–Crippen MR) is 68.9 cm³/mol. The first-order valence-corrected chi connectivity index (χ1v) is 7.14. The van der Waals surface area contributed by atoms with Crippen LogP contribution in [0.1, 0.15) is 5.69 Å². The molecule has 19 heavy (non-hydrogen) atoms. The van der Waals surface area contributed by atoms with Gasteiger partial charge in [-0.05, 0) is 12.1 Å². The van der Waals surface area contributed by atoms with Crippen molar-refractivity contribution in [3.8, 4) is 6.07 Å². The highest BCUT2D eigenvalue weighted by atomic mass is 32.2. The Balaban J connectivity index is 2.55. The summed E-state index contributed by atoms with van der Waals surface area (Å²) in [6.45, 7) is 1.92. The maximum Gasteiger partial charge on any atom is 0.243 e. The maximum absolute atomic E-state index is 11.9. The lowest BCUT2D eigenvalue weighted by Gasteiger charge is -2.08. The van der Waals surface area contributed by atoms with Gasteiger partial charge in [-0.25, -0.2) is 18.1 Å². The molecular weight excluding hydrogens is 268 g/mol. The monoisotopic (exact) mass is 284 g/mol. The summed E-state index contributed by atoms with van der Waals surface area (Å²) in [5.74, 6) is 0. The zero-order valence-electron chi connectivity index (χ0n) is 10.6. The Morgan fingerprint density at radius 2 is 2.21 bits per heavy atom. The van der Waals surface area contributed by atoms with E-state index in [1.807, 2.05) is 0 Å². The Hall–Kier alpha value is -1.53. The van der Waals surface area contributed by atoms with Crippen molar-refractivity contribution in [3.63, 3.8) is 0 Å². The van der Waals surface area contributed by atoms with Crippen LogP contribution in [0.5, 0.6) is 0 Å². The summed E-state index contributed by atoms with van der Waals surface area (Å²) in [5, 5.41) is 11.8. The lowest BCUT2D eigenvalue weighted by Crippen LogP contribution is -2.33. The van der Waals surface area contributed by atoms with Crippen LogP contribution >= 0.6 is 0 Å². The molecule has 0 aliphatic heterocycles. The van der Waals surface area contributed by atoms with Crippen molar-refractivity contribution in [2.75, 3.05) is 33.4 Å². The van der Waals surface area contributed by atoms with Crippen LogP contribution in [0.25, 0.3) is 0 Å². The van der Waals surface area contributed by atoms with Crippen LogP contribution in [-0.2, 0) is 14.8 Å². The molecule has 7 nitrogen and oxygen atoms in total. The van der Waals surface area contributed by atoms with Gasteiger partial charge < -0.3 is 10.1 Å². The number of methoxy groups -OCH3 is 1. The summed E-state index contributed by atoms with van der Waals surface area (Å²) in [7, 11) is -2.11. The number of nitrogens with zero attached hydrogens (tertiary/aromatic N) is 2. The normalized spacial score (nSPS) is 11.2. The van der Waals surface area contributed by atoms with Gasteiger partial charge in [-0.15, -0.1) is 0 Å². The number of aromatic nitrogens is 1. The number of hydrogen-bond donors (Lipinski definition) is 2. The SMILES string of the molecule is COCCNCCNS(=O)(=O)c1cccnc1C#N. The second kappa shape index (κ2) is 7.81. The van der Waals surface area contributed by atoms with Crippen LogP contribution < -0.4 is 10.0 Å². The van der Waals surface area contributed by atoms with Crippen molar-refractivity contribution in [2.45, 2.75) is 4.90 Å². The highest BCUT2D eigenvalue weighted by Gasteiger charge is 2.18. The van der Waals surface area contributed by atoms with Gasteiger partial charge in [0.2, 0.25) is 10.0 Å². The molecule has 0 bridgehead atoms. The lowest BCUT2D eigenvalue weighted by atomic mass is 10.4. The average Bonchev–Trinajstić information content (AvgIpc) is 2.42. The van der Waals surface area contributed by atoms with Crippen LogP contribution in [0.2, 0.25) is 0 Å². The average molecular weight is 284 g/mol. The highest BCUT2D eigenvalue weighted by Crippen LogP contribution is 2.10. The van der Waals surface area contributed by atoms with Crippen LogP contribution in [0.15, 0.2) is 23.2 Å². The predicted octanol–water partition coefficient (Wildman–Crippen LogP) is -0.532. The zero-order chi connectivity index (χ0) is 14.1. The van der Waals surface area contributed by atoms with Crippen molar-refractivity contribution in [3.05, 3.63) is 24.0 Å². The largest absolute Gasteiger partial charge is 0.383 e. The number of sulfonamides is 1. The second-order valence-electron chi connectivity index (χ2n) is 3.60. The van der Waals surface area contributed by atoms with Gasteiger partial charge in [-0.1, -0.05) is 0 Å². The standard InChI is InChI=1S/C11H16N4O3S/c1-18-8-7-13-5-6-15-19(16,17)11-3-2-4-14-10(11)9-12/h2-4,13,15H,5-8H2,1H3. The van der Waals surface area contributed by atoms with Crippen LogP contribution in [0, 0.1) is 11.3 Å². The molecular formula is C11H16N4O3S. The van der Waals surface area contributed by atoms with E-state index in [1.54, 1.807) is 13.2 Å². The van der Waals surface area contributed by atoms with E-state index in [2.05, 4.69) is 15.0 Å². The van der Waals surface area contributed by atoms with E-state index in [-0.39, 0.29) is 17.1 Å². The number of ether oxygens (including phenoxy) is 1. The third-order valence-electron chi connectivity index (χ3n) is 2.24. The Kier molecular flexibility index (Phi) is 6.38. The van der Waals surface area contributed by atoms with Gasteiger partial charge in [0, 0.05) is 32.9 Å². The third-order valence-corrected chi connectivity index (χ3v) is 3.74. The lowest BCUT2D eigenvalue weighted by molar-refractivity contribution is 0.199. The number of rotatable bonds is 8. The molecule has 0 amide bonds. The van der Waals surface area contributed by atoms with Crippen molar-refractivity contribution in [2.24, 2.45) is 0 Å². The molecule has 0 saturated carbocycles. The molecule has 0 aromatic carbocycles. The maximum atomic E-state index is 11.9. The van der Waals surface area contributed by atoms with Crippen molar-refractivity contribution < 1.29 is 13.2 Å². The van der Waals surface area contributed by atoms with Crippen LogP contribution in [-0.4, -0.2) is 46.8 Å². The zero-order valence-corrected chi connectivity index (χ0v) is 11.4. The number of nitriles is 1. The summed E-state index contributed by atoms with van der Waals surface area (Å²) >= 11 is 0. The summed E-state index contributed by atoms with van der Waals surface area (Å²) in [6.07, 6.45) is 1.38. The quantitative estimate of drug-likeness (QED) is 0.622. The Bertz CT molecular complexity index is 539. The first-order valence-electron chi connectivity index (χ1n) is 5.66. The highest BCUT2D eigenvalue weighted by molar-refractivity contribution is 7.89. The summed E-state index contributed by atoms with van der Waals surface area (Å²) < 4.78 is 31.1. The van der Waals surface area contributed by atoms with E-state index in [9.17, 15) is 8.42 Å². The van der Waals surface area contributed by atoms with Crippen molar-refractivity contribution in [1.29, 1.82) is 5.26 Å². The van der Waals surface area contributed by atoms with E-state index in [0.29, 0.717) is 19.7 Å². The molecule has 8 heteroatoms. The van der Waals surface area contributed by atoms with Crippen molar-refractivity contribution in [1.82, 2.24) is 15.0 Å². The Morgan fingerprint density at radius 3 is 2.89 bits per heavy atom. The first kappa shape index (κ1) is 15.5. The molecule has 0 unspecified atom stereocenters. The van der Waals surface area contributed by atoms with Crippen molar-refractivity contribution >= 4 is 10.0 Å². The molecule has 0 spiro atoms. The van der Waals surface area contributed by atoms with E-state index >= 15 is 0 Å². The minimum absolute atomic E-state index is 0.102. The minimum Gasteiger partial charge on any atom is -0.383 e. The Morgan fingerprint density at radius 1 is 1.42 bits per heavy atom. The van der Waals surface area contributed by atoms with Crippen LogP contribution in [0.4, 0.5) is 0 Å². The van der Waals surface area contributed by atoms with Gasteiger partial charge in [0.1, 0.15) is 11.0 Å². The number of pyridine rings is 1. The fourth-order valence-corrected chi connectivity index (χ4v) is 2.48. The molecule has 104 valence electrons. The fraction of sp³-hybridized carbons (Fsp3) is 0.455. The van der Waals surface area contributed by atoms with Gasteiger partial charge >= 0.3 is 0 Å². The molecule has 0 aliphatic rings. The molecule has 0 fully saturated rings. The number of nitrogens with one attached hydrogen (secondary N) is 2. The molecule has 1 aromatic rings. The second-order valence-corrected chi connectivity index (χ2v) is 5.34. The number of hydrogen-bond acceptors (Lipinski definition) is 6. The molecule has 0 saturated heterocycles. The molecule has 0 aliphatic carbocycles. The topological polar surface area (TPSA) is 104 Å². The van der Waals surface area contributed by atoms with E-state index in [0.717, 1.165) is 0 Å². The third kappa shape index (κ3) is 4.92. The molecule has 2 N–H and O–H groups in total. The minimum atomic E-state index is -3.70. The first-order chi connectivity index (χ1) is 9.11. The van der Waals surface area contributed by atoms with E-state index < -0.39 is 10.0 Å². The summed E-state index contributed by atoms with van der Waals surface area (Å²) in [5.41, 5.74) is -0.109. The Labute approximate surface area is 112 Å². The van der Waals surface area contributed by atoms with Gasteiger partial charge in [-0.3, -0.25) is 0 Å². The van der Waals surface area contributed by atoms with E-state index in [4.69, 9.17) is 10.00 Å². The molecule has 0 radical (unpaired) electrons. The molecule has 0 atom stereocenters. The molecule has 1 aromatic heterocycles. The smallest absolute Gasteiger partial charge is 0.243 e. The molecule has 1 heterocycles. The molecule has 1 rings (SSSR count). The van der Waals surface area contributed by atoms with Gasteiger partial charge in [0.25, 0.3) is 0 Å². The summed E-state index contributed by atoms with van der Waals surface area (Å²) in [4.78, 5) is 3.62. The van der Waals surface area contributed by atoms with Crippen LogP contribution in [0.3, 0.4) is 0 Å². The van der Waals surface area contributed by atoms with Gasteiger partial charge in [0.05, 0.1) is 6.61 Å². The van der Waals surface area contributed by atoms with Gasteiger partial charge in [0.15, 0.2) is 5.69 Å². The van der Waals surface area contributed by atoms with E-state index in [1.165, 1.54) is 18.3 Å². The van der Waals surface area contributed by atoms with Gasteiger partial charge in [-0.2, -0.15) is 5.26 Å². The fourth-order valence-electron chi connectivity index (χ4n) is 1.34.